The Morgan fingerprint density at radius 3 is 2.42 bits per heavy atom. The fourth-order valence-electron chi connectivity index (χ4n) is 1.34. The van der Waals surface area contributed by atoms with Crippen molar-refractivity contribution in [1.82, 2.24) is 9.97 Å². The molecule has 2 aromatic rings. The van der Waals surface area contributed by atoms with E-state index in [1.807, 2.05) is 0 Å². The second-order valence-corrected chi connectivity index (χ2v) is 3.61. The molecule has 0 saturated carbocycles. The van der Waals surface area contributed by atoms with Gasteiger partial charge in [0.05, 0.1) is 11.3 Å². The zero-order chi connectivity index (χ0) is 14.0. The molecule has 0 spiro atoms. The molecule has 0 atom stereocenters. The summed E-state index contributed by atoms with van der Waals surface area (Å²) in [5.74, 6) is 0.146. The van der Waals surface area contributed by atoms with Crippen LogP contribution in [0, 0.1) is 0 Å². The Morgan fingerprint density at radius 1 is 1.11 bits per heavy atom. The lowest BCUT2D eigenvalue weighted by atomic mass is 10.2. The summed E-state index contributed by atoms with van der Waals surface area (Å²) in [6, 6.07) is 4.19. The van der Waals surface area contributed by atoms with Crippen molar-refractivity contribution in [3.05, 3.63) is 36.0 Å². The summed E-state index contributed by atoms with van der Waals surface area (Å²) in [7, 11) is 0. The number of nitrogen functional groups attached to an aromatic ring is 2. The number of hydrogen-bond donors (Lipinski definition) is 2. The number of rotatable bonds is 2. The molecule has 1 aromatic carbocycles. The number of anilines is 2. The van der Waals surface area contributed by atoms with Crippen LogP contribution in [0.5, 0.6) is 11.6 Å². The first-order valence-corrected chi connectivity index (χ1v) is 5.09. The van der Waals surface area contributed by atoms with Crippen molar-refractivity contribution in [2.75, 3.05) is 11.5 Å². The zero-order valence-corrected chi connectivity index (χ0v) is 9.48. The highest BCUT2D eigenvalue weighted by Crippen LogP contribution is 2.34. The van der Waals surface area contributed by atoms with Gasteiger partial charge in [-0.05, 0) is 18.2 Å². The number of nitrogens with two attached hydrogens (primary N) is 2. The van der Waals surface area contributed by atoms with E-state index in [1.165, 1.54) is 12.3 Å². The van der Waals surface area contributed by atoms with E-state index in [9.17, 15) is 13.2 Å². The van der Waals surface area contributed by atoms with E-state index in [4.69, 9.17) is 16.2 Å². The summed E-state index contributed by atoms with van der Waals surface area (Å²) in [4.78, 5) is 7.40. The van der Waals surface area contributed by atoms with E-state index in [0.29, 0.717) is 0 Å². The highest BCUT2D eigenvalue weighted by Gasteiger charge is 2.31. The van der Waals surface area contributed by atoms with Gasteiger partial charge in [0.2, 0.25) is 11.8 Å². The lowest BCUT2D eigenvalue weighted by molar-refractivity contribution is -0.137. The third kappa shape index (κ3) is 3.03. The minimum Gasteiger partial charge on any atom is -0.437 e. The van der Waals surface area contributed by atoms with Crippen molar-refractivity contribution in [3.63, 3.8) is 0 Å². The zero-order valence-electron chi connectivity index (χ0n) is 9.48. The van der Waals surface area contributed by atoms with Gasteiger partial charge in [0.15, 0.2) is 5.75 Å². The fraction of sp³-hybridized carbons (Fsp3) is 0.0909. The minimum atomic E-state index is -4.45. The molecule has 0 aliphatic carbocycles. The van der Waals surface area contributed by atoms with Gasteiger partial charge in [0.1, 0.15) is 0 Å². The van der Waals surface area contributed by atoms with E-state index >= 15 is 0 Å². The number of hydrogen-bond acceptors (Lipinski definition) is 5. The first kappa shape index (κ1) is 12.9. The van der Waals surface area contributed by atoms with Crippen LogP contribution in [0.15, 0.2) is 30.5 Å². The molecule has 100 valence electrons. The maximum atomic E-state index is 12.4. The van der Waals surface area contributed by atoms with Gasteiger partial charge in [0.25, 0.3) is 0 Å². The molecule has 0 fully saturated rings. The molecule has 0 saturated heterocycles. The Balaban J connectivity index is 2.27. The van der Waals surface area contributed by atoms with Crippen LogP contribution >= 0.6 is 0 Å². The normalized spacial score (nSPS) is 11.3. The number of aromatic nitrogens is 2. The summed E-state index contributed by atoms with van der Waals surface area (Å²) in [6.07, 6.45) is -3.09. The Morgan fingerprint density at radius 2 is 1.84 bits per heavy atom. The highest BCUT2D eigenvalue weighted by molar-refractivity contribution is 5.55. The van der Waals surface area contributed by atoms with E-state index < -0.39 is 11.7 Å². The van der Waals surface area contributed by atoms with Gasteiger partial charge in [-0.25, -0.2) is 4.98 Å². The minimum absolute atomic E-state index is 0.0111. The maximum absolute atomic E-state index is 12.4. The molecule has 4 N–H and O–H groups in total. The molecule has 0 radical (unpaired) electrons. The van der Waals surface area contributed by atoms with Crippen molar-refractivity contribution in [2.24, 2.45) is 0 Å². The first-order valence-electron chi connectivity index (χ1n) is 5.09. The highest BCUT2D eigenvalue weighted by atomic mass is 19.4. The van der Waals surface area contributed by atoms with Gasteiger partial charge in [-0.1, -0.05) is 0 Å². The third-order valence-corrected chi connectivity index (χ3v) is 2.20. The van der Waals surface area contributed by atoms with Crippen LogP contribution in [0.4, 0.5) is 24.8 Å². The first-order chi connectivity index (χ1) is 8.86. The van der Waals surface area contributed by atoms with Crippen LogP contribution in [-0.4, -0.2) is 9.97 Å². The van der Waals surface area contributed by atoms with Crippen molar-refractivity contribution >= 4 is 11.6 Å². The average Bonchev–Trinajstić information content (AvgIpc) is 2.30. The van der Waals surface area contributed by atoms with Crippen LogP contribution in [0.1, 0.15) is 5.56 Å². The molecule has 0 amide bonds. The Labute approximate surface area is 106 Å². The molecule has 5 nitrogen and oxygen atoms in total. The van der Waals surface area contributed by atoms with Crippen molar-refractivity contribution < 1.29 is 17.9 Å². The number of benzene rings is 1. The van der Waals surface area contributed by atoms with Crippen LogP contribution in [-0.2, 0) is 6.18 Å². The molecular weight excluding hydrogens is 261 g/mol. The summed E-state index contributed by atoms with van der Waals surface area (Å²) in [5.41, 5.74) is 9.86. The largest absolute Gasteiger partial charge is 0.437 e. The molecule has 0 aliphatic heterocycles. The molecule has 0 aliphatic rings. The monoisotopic (exact) mass is 270 g/mol. The second kappa shape index (κ2) is 4.63. The van der Waals surface area contributed by atoms with E-state index in [-0.39, 0.29) is 23.3 Å². The topological polar surface area (TPSA) is 87.0 Å². The number of nitrogens with zero attached hydrogens (tertiary/aromatic N) is 2. The number of ether oxygens (including phenoxy) is 1. The van der Waals surface area contributed by atoms with E-state index in [2.05, 4.69) is 9.97 Å². The van der Waals surface area contributed by atoms with Crippen molar-refractivity contribution in [3.8, 4) is 11.6 Å². The van der Waals surface area contributed by atoms with Crippen molar-refractivity contribution in [1.29, 1.82) is 0 Å². The molecule has 19 heavy (non-hydrogen) atoms. The van der Waals surface area contributed by atoms with Crippen LogP contribution < -0.4 is 16.2 Å². The van der Waals surface area contributed by atoms with Gasteiger partial charge in [0, 0.05) is 12.3 Å². The van der Waals surface area contributed by atoms with Crippen LogP contribution in [0.3, 0.4) is 0 Å². The second-order valence-electron chi connectivity index (χ2n) is 3.61. The summed E-state index contributed by atoms with van der Waals surface area (Å²) in [5, 5.41) is 0. The molecular formula is C11H9F3N4O. The summed E-state index contributed by atoms with van der Waals surface area (Å²) >= 11 is 0. The molecule has 8 heteroatoms. The molecule has 1 heterocycles. The van der Waals surface area contributed by atoms with Gasteiger partial charge >= 0.3 is 6.18 Å². The predicted octanol–water partition coefficient (Wildman–Crippen LogP) is 2.45. The summed E-state index contributed by atoms with van der Waals surface area (Å²) < 4.78 is 42.6. The fourth-order valence-corrected chi connectivity index (χ4v) is 1.34. The van der Waals surface area contributed by atoms with Gasteiger partial charge in [-0.3, -0.25) is 0 Å². The smallest absolute Gasteiger partial charge is 0.416 e. The Bertz CT molecular complexity index is 601. The lowest BCUT2D eigenvalue weighted by Crippen LogP contribution is -2.06. The number of alkyl halides is 3. The Kier molecular flexibility index (Phi) is 3.16. The quantitative estimate of drug-likeness (QED) is 0.818. The SMILES string of the molecule is Nc1nccc(Oc2ccc(C(F)(F)F)cc2N)n1. The Hall–Kier alpha value is -2.51. The average molecular weight is 270 g/mol. The molecule has 0 unspecified atom stereocenters. The van der Waals surface area contributed by atoms with Crippen molar-refractivity contribution in [2.45, 2.75) is 6.18 Å². The van der Waals surface area contributed by atoms with Crippen LogP contribution in [0.2, 0.25) is 0 Å². The number of halogens is 3. The van der Waals surface area contributed by atoms with Gasteiger partial charge < -0.3 is 16.2 Å². The standard InChI is InChI=1S/C11H9F3N4O/c12-11(13,14)6-1-2-8(7(15)5-6)19-9-3-4-17-10(16)18-9/h1-5H,15H2,(H2,16,17,18). The van der Waals surface area contributed by atoms with Crippen LogP contribution in [0.25, 0.3) is 0 Å². The molecule has 0 bridgehead atoms. The lowest BCUT2D eigenvalue weighted by Gasteiger charge is -2.11. The van der Waals surface area contributed by atoms with Gasteiger partial charge in [-0.2, -0.15) is 18.2 Å². The van der Waals surface area contributed by atoms with Gasteiger partial charge in [-0.15, -0.1) is 0 Å². The van der Waals surface area contributed by atoms with E-state index in [0.717, 1.165) is 18.2 Å². The summed E-state index contributed by atoms with van der Waals surface area (Å²) in [6.45, 7) is 0. The third-order valence-electron chi connectivity index (χ3n) is 2.20. The maximum Gasteiger partial charge on any atom is 0.416 e. The molecule has 2 rings (SSSR count). The molecule has 1 aromatic heterocycles. The van der Waals surface area contributed by atoms with E-state index in [1.54, 1.807) is 0 Å². The predicted molar refractivity (Wildman–Crippen MR) is 62.4 cm³/mol.